The minimum absolute atomic E-state index is 0.0316. The molecule has 0 heterocycles. The lowest BCUT2D eigenvalue weighted by atomic mass is 10.00. The van der Waals surface area contributed by atoms with Crippen molar-refractivity contribution in [2.24, 2.45) is 0 Å². The Morgan fingerprint density at radius 3 is 2.41 bits per heavy atom. The monoisotopic (exact) mass is 454 g/mol. The van der Waals surface area contributed by atoms with Crippen LogP contribution in [0.4, 0.5) is 5.69 Å². The van der Waals surface area contributed by atoms with Crippen LogP contribution in [0.25, 0.3) is 11.6 Å². The number of benzene rings is 3. The Hall–Kier alpha value is -4.37. The second-order valence-corrected chi connectivity index (χ2v) is 7.68. The topological polar surface area (TPSA) is 85.4 Å². The van der Waals surface area contributed by atoms with Crippen LogP contribution in [0.15, 0.2) is 73.3 Å². The summed E-state index contributed by atoms with van der Waals surface area (Å²) in [7, 11) is 0. The number of nitriles is 1. The molecule has 3 rings (SSSR count). The number of nitro benzene ring substituents is 1. The van der Waals surface area contributed by atoms with Crippen LogP contribution in [0.1, 0.15) is 34.7 Å². The summed E-state index contributed by atoms with van der Waals surface area (Å²) in [5.41, 5.74) is 5.04. The van der Waals surface area contributed by atoms with E-state index in [0.29, 0.717) is 30.1 Å². The van der Waals surface area contributed by atoms with Crippen LogP contribution < -0.4 is 9.47 Å². The fourth-order valence-electron chi connectivity index (χ4n) is 3.45. The summed E-state index contributed by atoms with van der Waals surface area (Å²) in [4.78, 5) is 10.5. The first-order chi connectivity index (χ1) is 16.4. The van der Waals surface area contributed by atoms with Gasteiger partial charge in [-0.25, -0.2) is 0 Å². The van der Waals surface area contributed by atoms with Crippen LogP contribution in [0.3, 0.4) is 0 Å². The van der Waals surface area contributed by atoms with E-state index in [2.05, 4.69) is 12.6 Å². The molecule has 0 fully saturated rings. The molecule has 34 heavy (non-hydrogen) atoms. The highest BCUT2D eigenvalue weighted by atomic mass is 16.6. The van der Waals surface area contributed by atoms with Crippen molar-refractivity contribution in [1.82, 2.24) is 0 Å². The van der Waals surface area contributed by atoms with Gasteiger partial charge in [0, 0.05) is 17.7 Å². The molecule has 0 aliphatic rings. The second kappa shape index (κ2) is 11.5. The van der Waals surface area contributed by atoms with Gasteiger partial charge in [0.2, 0.25) is 0 Å². The van der Waals surface area contributed by atoms with Gasteiger partial charge >= 0.3 is 0 Å². The number of aryl methyl sites for hydroxylation is 1. The molecule has 0 aliphatic carbocycles. The molecule has 0 atom stereocenters. The minimum Gasteiger partial charge on any atom is -0.490 e. The predicted octanol–water partition coefficient (Wildman–Crippen LogP) is 6.67. The fourth-order valence-corrected chi connectivity index (χ4v) is 3.45. The van der Waals surface area contributed by atoms with Gasteiger partial charge in [0.25, 0.3) is 5.69 Å². The highest BCUT2D eigenvalue weighted by Gasteiger charge is 2.14. The first kappa shape index (κ1) is 24.3. The lowest BCUT2D eigenvalue weighted by Crippen LogP contribution is -2.03. The molecular weight excluding hydrogens is 428 g/mol. The average molecular weight is 455 g/mol. The van der Waals surface area contributed by atoms with Gasteiger partial charge in [0.1, 0.15) is 6.61 Å². The zero-order chi connectivity index (χ0) is 24.5. The maximum absolute atomic E-state index is 10.9. The first-order valence-corrected chi connectivity index (χ1v) is 10.9. The summed E-state index contributed by atoms with van der Waals surface area (Å²) < 4.78 is 12.0. The van der Waals surface area contributed by atoms with Crippen LogP contribution in [0.2, 0.25) is 0 Å². The van der Waals surface area contributed by atoms with Gasteiger partial charge in [0.15, 0.2) is 11.5 Å². The van der Waals surface area contributed by atoms with E-state index in [9.17, 15) is 15.4 Å². The Labute approximate surface area is 199 Å². The second-order valence-electron chi connectivity index (χ2n) is 7.68. The van der Waals surface area contributed by atoms with Gasteiger partial charge in [-0.1, -0.05) is 35.9 Å². The van der Waals surface area contributed by atoms with Crippen molar-refractivity contribution in [2.75, 3.05) is 6.61 Å². The van der Waals surface area contributed by atoms with Crippen LogP contribution in [-0.2, 0) is 13.0 Å². The number of rotatable bonds is 10. The molecular formula is C28H26N2O4. The summed E-state index contributed by atoms with van der Waals surface area (Å²) in [6, 6.07) is 20.2. The molecule has 0 bridgehead atoms. The summed E-state index contributed by atoms with van der Waals surface area (Å²) in [5.74, 6) is 1.15. The molecule has 0 N–H and O–H groups in total. The third kappa shape index (κ3) is 6.11. The van der Waals surface area contributed by atoms with E-state index in [-0.39, 0.29) is 12.3 Å². The number of nitro groups is 1. The molecule has 172 valence electrons. The van der Waals surface area contributed by atoms with E-state index >= 15 is 0 Å². The summed E-state index contributed by atoms with van der Waals surface area (Å²) in [6.45, 7) is 8.42. The number of allylic oxidation sites excluding steroid dienone is 2. The van der Waals surface area contributed by atoms with Crippen molar-refractivity contribution in [3.8, 4) is 17.6 Å². The first-order valence-electron chi connectivity index (χ1n) is 10.9. The summed E-state index contributed by atoms with van der Waals surface area (Å²) in [5, 5.41) is 20.6. The van der Waals surface area contributed by atoms with Crippen molar-refractivity contribution in [1.29, 1.82) is 5.26 Å². The predicted molar refractivity (Wildman–Crippen MR) is 134 cm³/mol. The van der Waals surface area contributed by atoms with Gasteiger partial charge in [-0.15, -0.1) is 6.58 Å². The Morgan fingerprint density at radius 2 is 1.82 bits per heavy atom. The van der Waals surface area contributed by atoms with E-state index in [1.54, 1.807) is 18.2 Å². The average Bonchev–Trinajstić information content (AvgIpc) is 2.83. The smallest absolute Gasteiger partial charge is 0.269 e. The summed E-state index contributed by atoms with van der Waals surface area (Å²) >= 11 is 0. The number of hydrogen-bond donors (Lipinski definition) is 0. The third-order valence-electron chi connectivity index (χ3n) is 5.14. The third-order valence-corrected chi connectivity index (χ3v) is 5.14. The molecule has 0 saturated carbocycles. The van der Waals surface area contributed by atoms with E-state index < -0.39 is 4.92 Å². The van der Waals surface area contributed by atoms with Crippen molar-refractivity contribution < 1.29 is 14.4 Å². The van der Waals surface area contributed by atoms with Crippen molar-refractivity contribution in [3.63, 3.8) is 0 Å². The standard InChI is InChI=1S/C28H26N2O4/c1-4-6-24-15-22(16-25(18-29)23-11-7-20(3)8-12-23)17-27(33-5-2)28(24)34-19-21-9-13-26(14-10-21)30(31)32/h4,7-17H,1,5-6,19H2,2-3H3/b25-16-. The van der Waals surface area contributed by atoms with E-state index in [1.165, 1.54) is 12.1 Å². The molecule has 0 saturated heterocycles. The van der Waals surface area contributed by atoms with Gasteiger partial charge in [-0.2, -0.15) is 5.26 Å². The summed E-state index contributed by atoms with van der Waals surface area (Å²) in [6.07, 6.45) is 4.16. The Kier molecular flexibility index (Phi) is 8.20. The molecule has 3 aromatic rings. The zero-order valence-electron chi connectivity index (χ0n) is 19.3. The van der Waals surface area contributed by atoms with Gasteiger partial charge in [-0.05, 0) is 67.3 Å². The Balaban J connectivity index is 1.96. The van der Waals surface area contributed by atoms with Crippen LogP contribution in [0, 0.1) is 28.4 Å². The maximum atomic E-state index is 10.9. The molecule has 3 aromatic carbocycles. The molecule has 0 aliphatic heterocycles. The van der Waals surface area contributed by atoms with Crippen LogP contribution in [-0.4, -0.2) is 11.5 Å². The molecule has 6 heteroatoms. The largest absolute Gasteiger partial charge is 0.490 e. The zero-order valence-corrected chi connectivity index (χ0v) is 19.3. The minimum atomic E-state index is -0.432. The molecule has 0 amide bonds. The highest BCUT2D eigenvalue weighted by Crippen LogP contribution is 2.36. The van der Waals surface area contributed by atoms with E-state index in [1.807, 2.05) is 56.3 Å². The van der Waals surface area contributed by atoms with Crippen LogP contribution >= 0.6 is 0 Å². The molecule has 0 radical (unpaired) electrons. The van der Waals surface area contributed by atoms with E-state index in [0.717, 1.165) is 27.8 Å². The fraction of sp³-hybridized carbons (Fsp3) is 0.179. The van der Waals surface area contributed by atoms with Crippen LogP contribution in [0.5, 0.6) is 11.5 Å². The van der Waals surface area contributed by atoms with Crippen molar-refractivity contribution >= 4 is 17.3 Å². The van der Waals surface area contributed by atoms with Gasteiger partial charge < -0.3 is 9.47 Å². The van der Waals surface area contributed by atoms with E-state index in [4.69, 9.17) is 9.47 Å². The molecule has 0 aromatic heterocycles. The van der Waals surface area contributed by atoms with Gasteiger partial charge in [-0.3, -0.25) is 10.1 Å². The number of hydrogen-bond acceptors (Lipinski definition) is 5. The highest BCUT2D eigenvalue weighted by molar-refractivity contribution is 5.90. The normalized spacial score (nSPS) is 10.9. The molecule has 6 nitrogen and oxygen atoms in total. The quantitative estimate of drug-likeness (QED) is 0.112. The maximum Gasteiger partial charge on any atom is 0.269 e. The number of nitrogens with zero attached hydrogens (tertiary/aromatic N) is 2. The number of non-ortho nitro benzene ring substituents is 1. The lowest BCUT2D eigenvalue weighted by molar-refractivity contribution is -0.384. The van der Waals surface area contributed by atoms with Crippen molar-refractivity contribution in [2.45, 2.75) is 26.9 Å². The molecule has 0 unspecified atom stereocenters. The van der Waals surface area contributed by atoms with Gasteiger partial charge in [0.05, 0.1) is 23.2 Å². The lowest BCUT2D eigenvalue weighted by Gasteiger charge is -2.17. The SMILES string of the molecule is C=CCc1cc(/C=C(/C#N)c2ccc(C)cc2)cc(OCC)c1OCc1ccc([N+](=O)[O-])cc1. The Morgan fingerprint density at radius 1 is 1.12 bits per heavy atom. The van der Waals surface area contributed by atoms with Crippen molar-refractivity contribution in [3.05, 3.63) is 111 Å². The number of ether oxygens (including phenoxy) is 2. The molecule has 0 spiro atoms. The Bertz CT molecular complexity index is 1240.